The Hall–Kier alpha value is -1.61. The highest BCUT2D eigenvalue weighted by molar-refractivity contribution is 5.91. The van der Waals surface area contributed by atoms with E-state index in [2.05, 4.69) is 5.32 Å². The van der Waals surface area contributed by atoms with Crippen molar-refractivity contribution in [2.75, 3.05) is 13.2 Å². The van der Waals surface area contributed by atoms with Gasteiger partial charge in [-0.15, -0.1) is 0 Å². The van der Waals surface area contributed by atoms with Gasteiger partial charge in [0.15, 0.2) is 0 Å². The van der Waals surface area contributed by atoms with Crippen LogP contribution in [0.4, 0.5) is 0 Å². The SMILES string of the molecule is CC(CO)CNC(=O)/C=C/c1ccccc1. The third-order valence-electron chi connectivity index (χ3n) is 2.16. The summed E-state index contributed by atoms with van der Waals surface area (Å²) >= 11 is 0. The van der Waals surface area contributed by atoms with E-state index >= 15 is 0 Å². The Bertz CT molecular complexity index is 346. The molecule has 1 aromatic rings. The van der Waals surface area contributed by atoms with Gasteiger partial charge in [0.2, 0.25) is 5.91 Å². The van der Waals surface area contributed by atoms with Gasteiger partial charge in [-0.3, -0.25) is 4.79 Å². The maximum Gasteiger partial charge on any atom is 0.244 e. The van der Waals surface area contributed by atoms with Crippen molar-refractivity contribution in [2.24, 2.45) is 5.92 Å². The Morgan fingerprint density at radius 1 is 1.44 bits per heavy atom. The molecule has 0 saturated carbocycles. The Kier molecular flexibility index (Phi) is 5.29. The van der Waals surface area contributed by atoms with Crippen molar-refractivity contribution in [3.8, 4) is 0 Å². The van der Waals surface area contributed by atoms with E-state index in [1.54, 1.807) is 6.08 Å². The van der Waals surface area contributed by atoms with Crippen molar-refractivity contribution < 1.29 is 9.90 Å². The molecule has 0 fully saturated rings. The summed E-state index contributed by atoms with van der Waals surface area (Å²) in [5, 5.41) is 11.5. The van der Waals surface area contributed by atoms with Crippen LogP contribution in [0.3, 0.4) is 0 Å². The fourth-order valence-electron chi connectivity index (χ4n) is 1.13. The van der Waals surface area contributed by atoms with Crippen LogP contribution in [0.15, 0.2) is 36.4 Å². The van der Waals surface area contributed by atoms with E-state index in [-0.39, 0.29) is 18.4 Å². The average molecular weight is 219 g/mol. The zero-order valence-corrected chi connectivity index (χ0v) is 9.39. The molecule has 1 rings (SSSR count). The molecule has 3 nitrogen and oxygen atoms in total. The minimum Gasteiger partial charge on any atom is -0.396 e. The summed E-state index contributed by atoms with van der Waals surface area (Å²) in [6.07, 6.45) is 3.26. The van der Waals surface area contributed by atoms with Crippen LogP contribution in [-0.2, 0) is 4.79 Å². The lowest BCUT2D eigenvalue weighted by Crippen LogP contribution is -2.27. The quantitative estimate of drug-likeness (QED) is 0.736. The third kappa shape index (κ3) is 4.75. The highest BCUT2D eigenvalue weighted by atomic mass is 16.3. The van der Waals surface area contributed by atoms with Gasteiger partial charge in [-0.1, -0.05) is 37.3 Å². The van der Waals surface area contributed by atoms with Gasteiger partial charge in [0.1, 0.15) is 0 Å². The lowest BCUT2D eigenvalue weighted by Gasteiger charge is -2.07. The zero-order valence-electron chi connectivity index (χ0n) is 9.39. The zero-order chi connectivity index (χ0) is 11.8. The van der Waals surface area contributed by atoms with Crippen LogP contribution in [0, 0.1) is 5.92 Å². The van der Waals surface area contributed by atoms with Crippen LogP contribution in [0.2, 0.25) is 0 Å². The molecule has 1 unspecified atom stereocenters. The van der Waals surface area contributed by atoms with Gasteiger partial charge in [-0.2, -0.15) is 0 Å². The van der Waals surface area contributed by atoms with E-state index in [4.69, 9.17) is 5.11 Å². The number of carbonyl (C=O) groups excluding carboxylic acids is 1. The highest BCUT2D eigenvalue weighted by Gasteiger charge is 2.00. The number of hydrogen-bond donors (Lipinski definition) is 2. The number of nitrogens with one attached hydrogen (secondary N) is 1. The van der Waals surface area contributed by atoms with Gasteiger partial charge in [0, 0.05) is 19.2 Å². The predicted molar refractivity (Wildman–Crippen MR) is 64.7 cm³/mol. The molecule has 0 bridgehead atoms. The monoisotopic (exact) mass is 219 g/mol. The maximum absolute atomic E-state index is 11.4. The summed E-state index contributed by atoms with van der Waals surface area (Å²) in [5.41, 5.74) is 0.993. The molecule has 0 aliphatic carbocycles. The number of aliphatic hydroxyl groups excluding tert-OH is 1. The summed E-state index contributed by atoms with van der Waals surface area (Å²) in [7, 11) is 0. The summed E-state index contributed by atoms with van der Waals surface area (Å²) in [6, 6.07) is 9.64. The van der Waals surface area contributed by atoms with Gasteiger partial charge in [0.05, 0.1) is 0 Å². The number of benzene rings is 1. The van der Waals surface area contributed by atoms with E-state index in [9.17, 15) is 4.79 Å². The molecule has 0 spiro atoms. The molecule has 0 aliphatic rings. The molecule has 0 aromatic heterocycles. The van der Waals surface area contributed by atoms with Crippen molar-refractivity contribution >= 4 is 12.0 Å². The van der Waals surface area contributed by atoms with Crippen LogP contribution < -0.4 is 5.32 Å². The Labute approximate surface area is 95.8 Å². The molecule has 86 valence electrons. The second-order valence-corrected chi connectivity index (χ2v) is 3.78. The maximum atomic E-state index is 11.4. The van der Waals surface area contributed by atoms with Gasteiger partial charge < -0.3 is 10.4 Å². The summed E-state index contributed by atoms with van der Waals surface area (Å²) in [5.74, 6) is -0.0433. The molecule has 3 heteroatoms. The molecular formula is C13H17NO2. The van der Waals surface area contributed by atoms with Crippen molar-refractivity contribution in [1.82, 2.24) is 5.32 Å². The minimum atomic E-state index is -0.135. The number of hydrogen-bond acceptors (Lipinski definition) is 2. The first-order chi connectivity index (χ1) is 7.72. The standard InChI is InChI=1S/C13H17NO2/c1-11(10-15)9-14-13(16)8-7-12-5-3-2-4-6-12/h2-8,11,15H,9-10H2,1H3,(H,14,16)/b8-7+. The van der Waals surface area contributed by atoms with Crippen LogP contribution in [-0.4, -0.2) is 24.2 Å². The Balaban J connectivity index is 2.37. The lowest BCUT2D eigenvalue weighted by atomic mass is 10.2. The largest absolute Gasteiger partial charge is 0.396 e. The number of amides is 1. The molecule has 1 amide bonds. The van der Waals surface area contributed by atoms with Crippen molar-refractivity contribution in [3.63, 3.8) is 0 Å². The summed E-state index contributed by atoms with van der Waals surface area (Å²) in [4.78, 5) is 11.4. The first-order valence-corrected chi connectivity index (χ1v) is 5.34. The molecule has 1 atom stereocenters. The van der Waals surface area contributed by atoms with Gasteiger partial charge >= 0.3 is 0 Å². The molecule has 16 heavy (non-hydrogen) atoms. The Morgan fingerprint density at radius 3 is 2.75 bits per heavy atom. The van der Waals surface area contributed by atoms with E-state index < -0.39 is 0 Å². The Morgan fingerprint density at radius 2 is 2.12 bits per heavy atom. The van der Waals surface area contributed by atoms with E-state index in [0.29, 0.717) is 6.54 Å². The fraction of sp³-hybridized carbons (Fsp3) is 0.308. The summed E-state index contributed by atoms with van der Waals surface area (Å²) in [6.45, 7) is 2.46. The molecule has 1 aromatic carbocycles. The van der Waals surface area contributed by atoms with E-state index in [0.717, 1.165) is 5.56 Å². The third-order valence-corrected chi connectivity index (χ3v) is 2.16. The number of rotatable bonds is 5. The smallest absolute Gasteiger partial charge is 0.244 e. The van der Waals surface area contributed by atoms with Gasteiger partial charge in [-0.25, -0.2) is 0 Å². The predicted octanol–water partition coefficient (Wildman–Crippen LogP) is 1.44. The minimum absolute atomic E-state index is 0.0860. The van der Waals surface area contributed by atoms with Crippen molar-refractivity contribution in [2.45, 2.75) is 6.92 Å². The van der Waals surface area contributed by atoms with Gasteiger partial charge in [-0.05, 0) is 17.6 Å². The normalized spacial score (nSPS) is 12.6. The first-order valence-electron chi connectivity index (χ1n) is 5.34. The number of carbonyl (C=O) groups is 1. The van der Waals surface area contributed by atoms with Crippen molar-refractivity contribution in [3.05, 3.63) is 42.0 Å². The first kappa shape index (κ1) is 12.5. The van der Waals surface area contributed by atoms with Crippen molar-refractivity contribution in [1.29, 1.82) is 0 Å². The highest BCUT2D eigenvalue weighted by Crippen LogP contribution is 2.00. The fourth-order valence-corrected chi connectivity index (χ4v) is 1.13. The van der Waals surface area contributed by atoms with E-state index in [1.807, 2.05) is 37.3 Å². The molecule has 0 aliphatic heterocycles. The van der Waals surface area contributed by atoms with Gasteiger partial charge in [0.25, 0.3) is 0 Å². The van der Waals surface area contributed by atoms with Crippen LogP contribution in [0.25, 0.3) is 6.08 Å². The molecular weight excluding hydrogens is 202 g/mol. The second-order valence-electron chi connectivity index (χ2n) is 3.78. The van der Waals surface area contributed by atoms with Crippen LogP contribution in [0.5, 0.6) is 0 Å². The molecule has 2 N–H and O–H groups in total. The second kappa shape index (κ2) is 6.80. The topological polar surface area (TPSA) is 49.3 Å². The number of aliphatic hydroxyl groups is 1. The van der Waals surface area contributed by atoms with E-state index in [1.165, 1.54) is 6.08 Å². The van der Waals surface area contributed by atoms with Crippen LogP contribution >= 0.6 is 0 Å². The average Bonchev–Trinajstić information content (AvgIpc) is 2.34. The molecule has 0 heterocycles. The molecule has 0 saturated heterocycles. The summed E-state index contributed by atoms with van der Waals surface area (Å²) < 4.78 is 0. The lowest BCUT2D eigenvalue weighted by molar-refractivity contribution is -0.116. The molecule has 0 radical (unpaired) electrons. The van der Waals surface area contributed by atoms with Crippen LogP contribution in [0.1, 0.15) is 12.5 Å².